The molecule has 0 radical (unpaired) electrons. The first kappa shape index (κ1) is 15.5. The van der Waals surface area contributed by atoms with Gasteiger partial charge in [0.15, 0.2) is 0 Å². The lowest BCUT2D eigenvalue weighted by Gasteiger charge is -2.28. The zero-order valence-corrected chi connectivity index (χ0v) is 13.4. The van der Waals surface area contributed by atoms with Crippen LogP contribution in [0.5, 0.6) is 0 Å². The first-order valence-electron chi connectivity index (χ1n) is 6.73. The van der Waals surface area contributed by atoms with Gasteiger partial charge in [0, 0.05) is 17.6 Å². The van der Waals surface area contributed by atoms with E-state index >= 15 is 0 Å². The first-order valence-corrected chi connectivity index (χ1v) is 7.52. The molecule has 0 saturated carbocycles. The zero-order chi connectivity index (χ0) is 14.5. The third-order valence-electron chi connectivity index (χ3n) is 3.60. The number of likely N-dealkylation sites (N-methyl/N-ethyl adjacent to an activating group) is 1. The molecule has 1 heterocycles. The molecule has 1 fully saturated rings. The molecule has 0 aliphatic carbocycles. The van der Waals surface area contributed by atoms with E-state index in [2.05, 4.69) is 15.9 Å². The number of rotatable bonds is 5. The highest BCUT2D eigenvalue weighted by atomic mass is 79.9. The third-order valence-corrected chi connectivity index (χ3v) is 4.09. The number of esters is 1. The van der Waals surface area contributed by atoms with Gasteiger partial charge >= 0.3 is 5.97 Å². The molecule has 0 bridgehead atoms. The summed E-state index contributed by atoms with van der Waals surface area (Å²) in [6.45, 7) is 2.42. The Morgan fingerprint density at radius 1 is 1.60 bits per heavy atom. The van der Waals surface area contributed by atoms with Crippen molar-refractivity contribution in [1.29, 1.82) is 0 Å². The van der Waals surface area contributed by atoms with Crippen molar-refractivity contribution in [3.8, 4) is 0 Å². The highest BCUT2D eigenvalue weighted by Crippen LogP contribution is 2.26. The molecule has 5 heteroatoms. The van der Waals surface area contributed by atoms with Gasteiger partial charge in [0.1, 0.15) is 6.04 Å². The van der Waals surface area contributed by atoms with Crippen molar-refractivity contribution in [3.05, 3.63) is 34.3 Å². The SMILES string of the molecule is COC(=O)[C@@H](c1cccc(Br)c1)N(C)C[C@@H]1CCOC1. The number of carbonyl (C=O) groups excluding carboxylic acids is 1. The Labute approximate surface area is 128 Å². The van der Waals surface area contributed by atoms with Crippen molar-refractivity contribution in [2.75, 3.05) is 33.9 Å². The molecular weight excluding hydrogens is 322 g/mol. The van der Waals surface area contributed by atoms with Gasteiger partial charge in [0.25, 0.3) is 0 Å². The van der Waals surface area contributed by atoms with Crippen LogP contribution in [0.2, 0.25) is 0 Å². The van der Waals surface area contributed by atoms with E-state index < -0.39 is 0 Å². The van der Waals surface area contributed by atoms with E-state index in [-0.39, 0.29) is 12.0 Å². The molecule has 0 aromatic heterocycles. The van der Waals surface area contributed by atoms with Crippen molar-refractivity contribution in [1.82, 2.24) is 4.90 Å². The van der Waals surface area contributed by atoms with Gasteiger partial charge in [-0.3, -0.25) is 4.90 Å². The van der Waals surface area contributed by atoms with E-state index in [1.807, 2.05) is 36.2 Å². The monoisotopic (exact) mass is 341 g/mol. The highest BCUT2D eigenvalue weighted by Gasteiger charge is 2.29. The fourth-order valence-corrected chi connectivity index (χ4v) is 3.02. The van der Waals surface area contributed by atoms with Gasteiger partial charge in [-0.2, -0.15) is 0 Å². The summed E-state index contributed by atoms with van der Waals surface area (Å²) in [6, 6.07) is 7.42. The molecule has 0 spiro atoms. The van der Waals surface area contributed by atoms with Crippen molar-refractivity contribution in [3.63, 3.8) is 0 Å². The molecule has 0 unspecified atom stereocenters. The normalized spacial score (nSPS) is 20.1. The minimum Gasteiger partial charge on any atom is -0.468 e. The summed E-state index contributed by atoms with van der Waals surface area (Å²) in [5, 5.41) is 0. The Morgan fingerprint density at radius 2 is 2.40 bits per heavy atom. The molecule has 110 valence electrons. The van der Waals surface area contributed by atoms with Gasteiger partial charge in [-0.25, -0.2) is 4.79 Å². The molecule has 0 N–H and O–H groups in total. The summed E-state index contributed by atoms with van der Waals surface area (Å²) in [6.07, 6.45) is 1.05. The molecule has 2 rings (SSSR count). The molecule has 2 atom stereocenters. The molecule has 1 aliphatic heterocycles. The van der Waals surface area contributed by atoms with Gasteiger partial charge in [-0.15, -0.1) is 0 Å². The minimum atomic E-state index is -0.377. The first-order chi connectivity index (χ1) is 9.61. The van der Waals surface area contributed by atoms with Crippen LogP contribution in [0.15, 0.2) is 28.7 Å². The predicted molar refractivity (Wildman–Crippen MR) is 80.5 cm³/mol. The Hall–Kier alpha value is -0.910. The number of methoxy groups -OCH3 is 1. The van der Waals surface area contributed by atoms with E-state index in [1.165, 1.54) is 7.11 Å². The van der Waals surface area contributed by atoms with Crippen molar-refractivity contribution >= 4 is 21.9 Å². The second kappa shape index (κ2) is 7.20. The molecule has 4 nitrogen and oxygen atoms in total. The number of nitrogens with zero attached hydrogens (tertiary/aromatic N) is 1. The van der Waals surface area contributed by atoms with Crippen molar-refractivity contribution in [2.45, 2.75) is 12.5 Å². The lowest BCUT2D eigenvalue weighted by atomic mass is 10.0. The summed E-state index contributed by atoms with van der Waals surface area (Å²) in [5.74, 6) is 0.254. The van der Waals surface area contributed by atoms with Crippen LogP contribution in [0, 0.1) is 5.92 Å². The lowest BCUT2D eigenvalue weighted by Crippen LogP contribution is -2.35. The topological polar surface area (TPSA) is 38.8 Å². The summed E-state index contributed by atoms with van der Waals surface area (Å²) in [4.78, 5) is 14.2. The number of ether oxygens (including phenoxy) is 2. The van der Waals surface area contributed by atoms with Crippen LogP contribution in [-0.4, -0.2) is 44.8 Å². The Kier molecular flexibility index (Phi) is 5.57. The van der Waals surface area contributed by atoms with Gasteiger partial charge in [0.2, 0.25) is 0 Å². The summed E-state index contributed by atoms with van der Waals surface area (Å²) < 4.78 is 11.3. The summed E-state index contributed by atoms with van der Waals surface area (Å²) >= 11 is 3.45. The Bertz CT molecular complexity index is 460. The van der Waals surface area contributed by atoms with E-state index in [4.69, 9.17) is 9.47 Å². The van der Waals surface area contributed by atoms with E-state index in [9.17, 15) is 4.79 Å². The molecule has 0 amide bonds. The number of benzene rings is 1. The molecule has 1 saturated heterocycles. The van der Waals surface area contributed by atoms with Crippen LogP contribution in [0.25, 0.3) is 0 Å². The minimum absolute atomic E-state index is 0.232. The van der Waals surface area contributed by atoms with Gasteiger partial charge in [0.05, 0.1) is 13.7 Å². The quantitative estimate of drug-likeness (QED) is 0.771. The van der Waals surface area contributed by atoms with E-state index in [0.29, 0.717) is 5.92 Å². The fraction of sp³-hybridized carbons (Fsp3) is 0.533. The van der Waals surface area contributed by atoms with Crippen LogP contribution < -0.4 is 0 Å². The molecular formula is C15H20BrNO3. The van der Waals surface area contributed by atoms with Crippen LogP contribution in [0.1, 0.15) is 18.0 Å². The smallest absolute Gasteiger partial charge is 0.327 e. The molecule has 1 aliphatic rings. The highest BCUT2D eigenvalue weighted by molar-refractivity contribution is 9.10. The van der Waals surface area contributed by atoms with E-state index in [1.54, 1.807) is 0 Å². The summed E-state index contributed by atoms with van der Waals surface area (Å²) in [5.41, 5.74) is 0.938. The maximum absolute atomic E-state index is 12.1. The Balaban J connectivity index is 2.16. The maximum Gasteiger partial charge on any atom is 0.327 e. The lowest BCUT2D eigenvalue weighted by molar-refractivity contribution is -0.147. The molecule has 1 aromatic carbocycles. The largest absolute Gasteiger partial charge is 0.468 e. The fourth-order valence-electron chi connectivity index (χ4n) is 2.60. The number of carbonyl (C=O) groups is 1. The second-order valence-corrected chi connectivity index (χ2v) is 6.07. The summed E-state index contributed by atoms with van der Waals surface area (Å²) in [7, 11) is 3.39. The van der Waals surface area contributed by atoms with E-state index in [0.717, 1.165) is 36.2 Å². The third kappa shape index (κ3) is 3.81. The number of hydrogen-bond donors (Lipinski definition) is 0. The van der Waals surface area contributed by atoms with Gasteiger partial charge < -0.3 is 9.47 Å². The molecule has 1 aromatic rings. The average molecular weight is 342 g/mol. The maximum atomic E-state index is 12.1. The van der Waals surface area contributed by atoms with Crippen LogP contribution in [0.3, 0.4) is 0 Å². The standard InChI is InChI=1S/C15H20BrNO3/c1-17(9-11-6-7-20-10-11)14(15(18)19-2)12-4-3-5-13(16)8-12/h3-5,8,11,14H,6-7,9-10H2,1-2H3/t11-,14+/m0/s1. The zero-order valence-electron chi connectivity index (χ0n) is 11.8. The number of halogens is 1. The van der Waals surface area contributed by atoms with Crippen LogP contribution in [-0.2, 0) is 14.3 Å². The van der Waals surface area contributed by atoms with Gasteiger partial charge in [-0.1, -0.05) is 28.1 Å². The molecule has 20 heavy (non-hydrogen) atoms. The number of hydrogen-bond acceptors (Lipinski definition) is 4. The predicted octanol–water partition coefficient (Wildman–Crippen LogP) is 2.63. The Morgan fingerprint density at radius 3 is 3.00 bits per heavy atom. The second-order valence-electron chi connectivity index (χ2n) is 5.15. The van der Waals surface area contributed by atoms with Crippen LogP contribution >= 0.6 is 15.9 Å². The van der Waals surface area contributed by atoms with Crippen molar-refractivity contribution in [2.24, 2.45) is 5.92 Å². The van der Waals surface area contributed by atoms with Crippen molar-refractivity contribution < 1.29 is 14.3 Å². The van der Waals surface area contributed by atoms with Crippen LogP contribution in [0.4, 0.5) is 0 Å². The average Bonchev–Trinajstić information content (AvgIpc) is 2.91. The van der Waals surface area contributed by atoms with Gasteiger partial charge in [-0.05, 0) is 37.1 Å².